The van der Waals surface area contributed by atoms with Crippen molar-refractivity contribution in [2.45, 2.75) is 24.0 Å². The molecule has 2 amide bonds. The van der Waals surface area contributed by atoms with Gasteiger partial charge in [0.25, 0.3) is 0 Å². The lowest BCUT2D eigenvalue weighted by atomic mass is 10.1. The largest absolute Gasteiger partial charge is 0.447 e. The van der Waals surface area contributed by atoms with E-state index in [1.807, 2.05) is 6.07 Å². The van der Waals surface area contributed by atoms with E-state index in [1.165, 1.54) is 17.0 Å². The summed E-state index contributed by atoms with van der Waals surface area (Å²) in [6, 6.07) is 14.2. The molecule has 150 valence electrons. The van der Waals surface area contributed by atoms with Crippen molar-refractivity contribution in [1.82, 2.24) is 10.2 Å². The van der Waals surface area contributed by atoms with Crippen LogP contribution in [0.25, 0.3) is 0 Å². The molecule has 0 bridgehead atoms. The first kappa shape index (κ1) is 20.4. The average molecular weight is 413 g/mol. The van der Waals surface area contributed by atoms with E-state index in [0.717, 1.165) is 17.4 Å². The third-order valence-electron chi connectivity index (χ3n) is 4.53. The van der Waals surface area contributed by atoms with Gasteiger partial charge >= 0.3 is 6.09 Å². The van der Waals surface area contributed by atoms with Crippen LogP contribution in [0.2, 0.25) is 0 Å². The first-order valence-corrected chi connectivity index (χ1v) is 10.7. The molecular weight excluding hydrogens is 394 g/mol. The van der Waals surface area contributed by atoms with Crippen molar-refractivity contribution in [3.63, 3.8) is 0 Å². The zero-order valence-corrected chi connectivity index (χ0v) is 16.5. The Hall–Kier alpha value is -3.38. The van der Waals surface area contributed by atoms with Crippen LogP contribution in [0.5, 0.6) is 0 Å². The van der Waals surface area contributed by atoms with Crippen LogP contribution in [0, 0.1) is 11.3 Å². The second-order valence-corrected chi connectivity index (χ2v) is 8.68. The minimum absolute atomic E-state index is 0.0477. The van der Waals surface area contributed by atoms with Crippen LogP contribution in [0.1, 0.15) is 16.7 Å². The molecule has 29 heavy (non-hydrogen) atoms. The Labute approximate surface area is 168 Å². The minimum Gasteiger partial charge on any atom is -0.447 e. The molecule has 0 aliphatic carbocycles. The van der Waals surface area contributed by atoms with E-state index >= 15 is 0 Å². The molecule has 2 aromatic rings. The second kappa shape index (κ2) is 8.32. The van der Waals surface area contributed by atoms with Gasteiger partial charge in [-0.2, -0.15) is 5.26 Å². The van der Waals surface area contributed by atoms with Crippen LogP contribution in [0.4, 0.5) is 4.79 Å². The molecule has 1 heterocycles. The van der Waals surface area contributed by atoms with Crippen molar-refractivity contribution in [3.05, 3.63) is 65.2 Å². The zero-order valence-electron chi connectivity index (χ0n) is 15.7. The minimum atomic E-state index is -3.28. The zero-order chi connectivity index (χ0) is 21.0. The van der Waals surface area contributed by atoms with Crippen LogP contribution < -0.4 is 5.32 Å². The highest BCUT2D eigenvalue weighted by Crippen LogP contribution is 2.18. The standard InChI is InChI=1S/C20H19N3O5S/c1-29(26,27)17-8-6-15(7-9-17)11-22-19(24)18-13-28-20(25)23(18)12-16-4-2-14(10-21)3-5-16/h2-9,18H,11-13H2,1H3,(H,22,24)/t18-/m0/s1. The number of nitriles is 1. The number of rotatable bonds is 6. The number of sulfone groups is 1. The van der Waals surface area contributed by atoms with E-state index in [1.54, 1.807) is 36.4 Å². The maximum Gasteiger partial charge on any atom is 0.410 e. The van der Waals surface area contributed by atoms with E-state index in [-0.39, 0.29) is 30.5 Å². The summed E-state index contributed by atoms with van der Waals surface area (Å²) in [5.74, 6) is -0.364. The fourth-order valence-corrected chi connectivity index (χ4v) is 3.52. The molecule has 1 fully saturated rings. The molecule has 1 N–H and O–H groups in total. The van der Waals surface area contributed by atoms with Crippen LogP contribution in [-0.4, -0.2) is 44.2 Å². The van der Waals surface area contributed by atoms with E-state index in [0.29, 0.717) is 5.56 Å². The highest BCUT2D eigenvalue weighted by Gasteiger charge is 2.37. The fourth-order valence-electron chi connectivity index (χ4n) is 2.89. The molecule has 0 unspecified atom stereocenters. The Bertz CT molecular complexity index is 1060. The van der Waals surface area contributed by atoms with E-state index in [9.17, 15) is 18.0 Å². The number of nitrogens with one attached hydrogen (secondary N) is 1. The topological polar surface area (TPSA) is 117 Å². The van der Waals surface area contributed by atoms with Crippen LogP contribution in [0.15, 0.2) is 53.4 Å². The molecule has 1 aliphatic heterocycles. The Balaban J connectivity index is 1.62. The molecule has 1 aliphatic rings. The van der Waals surface area contributed by atoms with Gasteiger partial charge in [0.15, 0.2) is 9.84 Å². The number of carbonyl (C=O) groups is 2. The number of carbonyl (C=O) groups excluding carboxylic acids is 2. The molecule has 0 aromatic heterocycles. The predicted molar refractivity (Wildman–Crippen MR) is 103 cm³/mol. The molecular formula is C20H19N3O5S. The molecule has 0 spiro atoms. The van der Waals surface area contributed by atoms with Gasteiger partial charge in [0, 0.05) is 12.8 Å². The van der Waals surface area contributed by atoms with E-state index in [2.05, 4.69) is 5.32 Å². The third-order valence-corrected chi connectivity index (χ3v) is 5.66. The summed E-state index contributed by atoms with van der Waals surface area (Å²) in [6.45, 7) is 0.331. The third kappa shape index (κ3) is 4.92. The van der Waals surface area contributed by atoms with Crippen molar-refractivity contribution in [2.75, 3.05) is 12.9 Å². The Morgan fingerprint density at radius 2 is 1.79 bits per heavy atom. The number of hydrogen-bond acceptors (Lipinski definition) is 6. The lowest BCUT2D eigenvalue weighted by Crippen LogP contribution is -2.45. The quantitative estimate of drug-likeness (QED) is 0.769. The number of hydrogen-bond donors (Lipinski definition) is 1. The summed E-state index contributed by atoms with van der Waals surface area (Å²) >= 11 is 0. The smallest absolute Gasteiger partial charge is 0.410 e. The van der Waals surface area contributed by atoms with Gasteiger partial charge in [0.1, 0.15) is 12.6 Å². The van der Waals surface area contributed by atoms with E-state index < -0.39 is 22.0 Å². The summed E-state index contributed by atoms with van der Waals surface area (Å²) < 4.78 is 28.0. The number of nitrogens with zero attached hydrogens (tertiary/aromatic N) is 2. The maximum absolute atomic E-state index is 12.6. The van der Waals surface area contributed by atoms with Gasteiger partial charge in [-0.25, -0.2) is 13.2 Å². The molecule has 2 aromatic carbocycles. The second-order valence-electron chi connectivity index (χ2n) is 6.66. The summed E-state index contributed by atoms with van der Waals surface area (Å²) in [7, 11) is -3.28. The van der Waals surface area contributed by atoms with E-state index in [4.69, 9.17) is 10.00 Å². The van der Waals surface area contributed by atoms with Gasteiger partial charge in [-0.05, 0) is 35.4 Å². The summed E-state index contributed by atoms with van der Waals surface area (Å²) in [6.07, 6.45) is 0.551. The number of ether oxygens (including phenoxy) is 1. The Morgan fingerprint density at radius 1 is 1.17 bits per heavy atom. The van der Waals surface area contributed by atoms with Gasteiger partial charge in [0.2, 0.25) is 5.91 Å². The molecule has 1 saturated heterocycles. The van der Waals surface area contributed by atoms with Crippen molar-refractivity contribution < 1.29 is 22.7 Å². The Morgan fingerprint density at radius 3 is 2.38 bits per heavy atom. The monoisotopic (exact) mass is 413 g/mol. The highest BCUT2D eigenvalue weighted by molar-refractivity contribution is 7.90. The lowest BCUT2D eigenvalue weighted by molar-refractivity contribution is -0.125. The van der Waals surface area contributed by atoms with Gasteiger partial charge < -0.3 is 10.1 Å². The van der Waals surface area contributed by atoms with Gasteiger partial charge in [-0.15, -0.1) is 0 Å². The van der Waals surface area contributed by atoms with Crippen molar-refractivity contribution in [2.24, 2.45) is 0 Å². The van der Waals surface area contributed by atoms with Crippen LogP contribution >= 0.6 is 0 Å². The number of cyclic esters (lactones) is 1. The molecule has 3 rings (SSSR count). The molecule has 1 atom stereocenters. The predicted octanol–water partition coefficient (Wildman–Crippen LogP) is 1.60. The number of benzene rings is 2. The average Bonchev–Trinajstić information content (AvgIpc) is 3.07. The molecule has 0 saturated carbocycles. The summed E-state index contributed by atoms with van der Waals surface area (Å²) in [4.78, 5) is 26.1. The summed E-state index contributed by atoms with van der Waals surface area (Å²) in [5.41, 5.74) is 2.01. The van der Waals surface area contributed by atoms with Crippen molar-refractivity contribution in [3.8, 4) is 6.07 Å². The first-order chi connectivity index (χ1) is 13.8. The first-order valence-electron chi connectivity index (χ1n) is 8.77. The Kier molecular flexibility index (Phi) is 5.84. The highest BCUT2D eigenvalue weighted by atomic mass is 32.2. The van der Waals surface area contributed by atoms with Crippen molar-refractivity contribution in [1.29, 1.82) is 5.26 Å². The van der Waals surface area contributed by atoms with Crippen molar-refractivity contribution >= 4 is 21.8 Å². The van der Waals surface area contributed by atoms with Gasteiger partial charge in [0.05, 0.1) is 23.1 Å². The normalized spacial score (nSPS) is 16.2. The molecule has 9 heteroatoms. The lowest BCUT2D eigenvalue weighted by Gasteiger charge is -2.21. The number of amides is 2. The molecule has 0 radical (unpaired) electrons. The SMILES string of the molecule is CS(=O)(=O)c1ccc(CNC(=O)[C@@H]2COC(=O)N2Cc2ccc(C#N)cc2)cc1. The van der Waals surface area contributed by atoms with Gasteiger partial charge in [-0.3, -0.25) is 9.69 Å². The van der Waals surface area contributed by atoms with Crippen LogP contribution in [-0.2, 0) is 32.5 Å². The van der Waals surface area contributed by atoms with Gasteiger partial charge in [-0.1, -0.05) is 24.3 Å². The van der Waals surface area contributed by atoms with Crippen LogP contribution in [0.3, 0.4) is 0 Å². The summed E-state index contributed by atoms with van der Waals surface area (Å²) in [5, 5.41) is 11.6. The maximum atomic E-state index is 12.6. The molecule has 8 nitrogen and oxygen atoms in total. The fraction of sp³-hybridized carbons (Fsp3) is 0.250.